The van der Waals surface area contributed by atoms with Gasteiger partial charge in [0.05, 0.1) is 23.5 Å². The van der Waals surface area contributed by atoms with Gasteiger partial charge in [-0.3, -0.25) is 0 Å². The zero-order chi connectivity index (χ0) is 13.2. The zero-order valence-corrected chi connectivity index (χ0v) is 11.3. The second kappa shape index (κ2) is 5.34. The second-order valence-corrected chi connectivity index (χ2v) is 5.94. The van der Waals surface area contributed by atoms with E-state index in [0.29, 0.717) is 19.0 Å². The molecule has 2 unspecified atom stereocenters. The molecule has 102 valence electrons. The van der Waals surface area contributed by atoms with Crippen LogP contribution in [0.5, 0.6) is 0 Å². The fourth-order valence-electron chi connectivity index (χ4n) is 2.02. The maximum absolute atomic E-state index is 9.66. The fraction of sp³-hybridized carbons (Fsp3) is 0.833. The van der Waals surface area contributed by atoms with Crippen LogP contribution in [-0.4, -0.2) is 45.8 Å². The molecule has 6 nitrogen and oxygen atoms in total. The lowest BCUT2D eigenvalue weighted by Gasteiger charge is -2.17. The maximum Gasteiger partial charge on any atom is 0.0965 e. The number of β-amino-alcohol motifs (C(OH)–C–C–N with tert-alkyl or cyclic N) is 1. The first-order valence-corrected chi connectivity index (χ1v) is 6.48. The minimum absolute atomic E-state index is 0.0309. The molecule has 1 fully saturated rings. The molecule has 1 saturated heterocycles. The van der Waals surface area contributed by atoms with Crippen LogP contribution in [0.2, 0.25) is 0 Å². The number of nitrogens with one attached hydrogen (secondary N) is 2. The van der Waals surface area contributed by atoms with E-state index in [4.69, 9.17) is 0 Å². The smallest absolute Gasteiger partial charge is 0.0965 e. The summed E-state index contributed by atoms with van der Waals surface area (Å²) in [7, 11) is 0. The van der Waals surface area contributed by atoms with Gasteiger partial charge in [0.1, 0.15) is 0 Å². The van der Waals surface area contributed by atoms with Gasteiger partial charge in [0.15, 0.2) is 0 Å². The Labute approximate surface area is 108 Å². The summed E-state index contributed by atoms with van der Waals surface area (Å²) in [5.41, 5.74) is 0.905. The molecule has 0 bridgehead atoms. The van der Waals surface area contributed by atoms with Gasteiger partial charge in [-0.05, 0) is 20.8 Å². The second-order valence-electron chi connectivity index (χ2n) is 5.94. The number of nitrogens with zero attached hydrogens (tertiary/aromatic N) is 3. The van der Waals surface area contributed by atoms with Crippen molar-refractivity contribution in [3.63, 3.8) is 0 Å². The molecule has 2 heterocycles. The first kappa shape index (κ1) is 13.5. The third-order valence-electron chi connectivity index (χ3n) is 3.24. The average Bonchev–Trinajstić information content (AvgIpc) is 2.88. The molecule has 0 spiro atoms. The van der Waals surface area contributed by atoms with Crippen LogP contribution in [0, 0.1) is 5.92 Å². The molecule has 0 saturated carbocycles. The summed E-state index contributed by atoms with van der Waals surface area (Å²) in [6.07, 6.45) is 1.74. The molecule has 0 amide bonds. The SMILES string of the molecule is CC(C)(C)n1cc(CNCC2CNCC2O)nn1. The number of hydrogen-bond donors (Lipinski definition) is 3. The Hall–Kier alpha value is -0.980. The highest BCUT2D eigenvalue weighted by atomic mass is 16.3. The van der Waals surface area contributed by atoms with Gasteiger partial charge in [-0.25, -0.2) is 4.68 Å². The first-order valence-electron chi connectivity index (χ1n) is 6.48. The van der Waals surface area contributed by atoms with Crippen LogP contribution < -0.4 is 10.6 Å². The van der Waals surface area contributed by atoms with Crippen molar-refractivity contribution >= 4 is 0 Å². The normalized spacial score (nSPS) is 24.7. The monoisotopic (exact) mass is 253 g/mol. The number of rotatable bonds is 4. The molecule has 1 aromatic rings. The standard InChI is InChI=1S/C12H23N5O/c1-12(2,3)17-8-10(15-16-17)6-13-4-9-5-14-7-11(9)18/h8-9,11,13-14,18H,4-7H2,1-3H3. The van der Waals surface area contributed by atoms with Crippen molar-refractivity contribution in [2.45, 2.75) is 39.0 Å². The minimum atomic E-state index is -0.234. The lowest BCUT2D eigenvalue weighted by atomic mass is 10.1. The fourth-order valence-corrected chi connectivity index (χ4v) is 2.02. The van der Waals surface area contributed by atoms with E-state index in [1.54, 1.807) is 0 Å². The highest BCUT2D eigenvalue weighted by Gasteiger charge is 2.24. The molecule has 1 aromatic heterocycles. The summed E-state index contributed by atoms with van der Waals surface area (Å²) in [5, 5.41) is 24.4. The van der Waals surface area contributed by atoms with E-state index in [2.05, 4.69) is 41.7 Å². The van der Waals surface area contributed by atoms with Crippen molar-refractivity contribution in [1.29, 1.82) is 0 Å². The van der Waals surface area contributed by atoms with Gasteiger partial charge in [-0.2, -0.15) is 0 Å². The number of hydrogen-bond acceptors (Lipinski definition) is 5. The molecule has 0 aromatic carbocycles. The van der Waals surface area contributed by atoms with Crippen LogP contribution in [-0.2, 0) is 12.1 Å². The summed E-state index contributed by atoms with van der Waals surface area (Å²) in [5.74, 6) is 0.294. The zero-order valence-electron chi connectivity index (χ0n) is 11.3. The maximum atomic E-state index is 9.66. The van der Waals surface area contributed by atoms with Crippen LogP contribution in [0.4, 0.5) is 0 Å². The van der Waals surface area contributed by atoms with Crippen molar-refractivity contribution in [2.24, 2.45) is 5.92 Å². The number of aromatic nitrogens is 3. The van der Waals surface area contributed by atoms with Crippen LogP contribution in [0.3, 0.4) is 0 Å². The van der Waals surface area contributed by atoms with E-state index in [9.17, 15) is 5.11 Å². The Morgan fingerprint density at radius 3 is 2.83 bits per heavy atom. The Morgan fingerprint density at radius 1 is 1.50 bits per heavy atom. The summed E-state index contributed by atoms with van der Waals surface area (Å²) in [6.45, 7) is 9.36. The lowest BCUT2D eigenvalue weighted by molar-refractivity contribution is 0.146. The number of aliphatic hydroxyl groups is 1. The van der Waals surface area contributed by atoms with Gasteiger partial charge in [-0.15, -0.1) is 5.10 Å². The van der Waals surface area contributed by atoms with Crippen molar-refractivity contribution in [3.8, 4) is 0 Å². The topological polar surface area (TPSA) is 75.0 Å². The summed E-state index contributed by atoms with van der Waals surface area (Å²) >= 11 is 0. The van der Waals surface area contributed by atoms with E-state index < -0.39 is 0 Å². The lowest BCUT2D eigenvalue weighted by Crippen LogP contribution is -2.30. The highest BCUT2D eigenvalue weighted by molar-refractivity contribution is 4.94. The molecule has 2 atom stereocenters. The largest absolute Gasteiger partial charge is 0.391 e. The molecule has 0 radical (unpaired) electrons. The molecule has 2 rings (SSSR count). The Balaban J connectivity index is 1.78. The summed E-state index contributed by atoms with van der Waals surface area (Å²) in [4.78, 5) is 0. The molecular formula is C12H23N5O. The predicted molar refractivity (Wildman–Crippen MR) is 69.1 cm³/mol. The third-order valence-corrected chi connectivity index (χ3v) is 3.24. The minimum Gasteiger partial charge on any atom is -0.391 e. The van der Waals surface area contributed by atoms with E-state index in [1.807, 2.05) is 10.9 Å². The average molecular weight is 253 g/mol. The Morgan fingerprint density at radius 2 is 2.28 bits per heavy atom. The van der Waals surface area contributed by atoms with E-state index in [0.717, 1.165) is 18.8 Å². The van der Waals surface area contributed by atoms with Gasteiger partial charge in [-0.1, -0.05) is 5.21 Å². The van der Waals surface area contributed by atoms with Gasteiger partial charge in [0.2, 0.25) is 0 Å². The van der Waals surface area contributed by atoms with Crippen LogP contribution in [0.25, 0.3) is 0 Å². The molecule has 1 aliphatic rings. The Kier molecular flexibility index (Phi) is 3.99. The first-order chi connectivity index (χ1) is 8.47. The van der Waals surface area contributed by atoms with Crippen molar-refractivity contribution in [3.05, 3.63) is 11.9 Å². The number of aliphatic hydroxyl groups excluding tert-OH is 1. The molecular weight excluding hydrogens is 230 g/mol. The van der Waals surface area contributed by atoms with Crippen molar-refractivity contribution in [2.75, 3.05) is 19.6 Å². The van der Waals surface area contributed by atoms with Gasteiger partial charge in [0.25, 0.3) is 0 Å². The highest BCUT2D eigenvalue weighted by Crippen LogP contribution is 2.12. The molecule has 6 heteroatoms. The third kappa shape index (κ3) is 3.28. The molecule has 1 aliphatic heterocycles. The molecule has 18 heavy (non-hydrogen) atoms. The molecule has 3 N–H and O–H groups in total. The molecule has 0 aliphatic carbocycles. The van der Waals surface area contributed by atoms with E-state index in [1.165, 1.54) is 0 Å². The van der Waals surface area contributed by atoms with Crippen molar-refractivity contribution in [1.82, 2.24) is 25.6 Å². The summed E-state index contributed by atoms with van der Waals surface area (Å²) in [6, 6.07) is 0. The Bertz CT molecular complexity index is 384. The van der Waals surface area contributed by atoms with Crippen LogP contribution in [0.15, 0.2) is 6.20 Å². The van der Waals surface area contributed by atoms with E-state index in [-0.39, 0.29) is 11.6 Å². The van der Waals surface area contributed by atoms with Crippen LogP contribution >= 0.6 is 0 Å². The van der Waals surface area contributed by atoms with Gasteiger partial charge < -0.3 is 15.7 Å². The summed E-state index contributed by atoms with van der Waals surface area (Å²) < 4.78 is 1.87. The van der Waals surface area contributed by atoms with Crippen molar-refractivity contribution < 1.29 is 5.11 Å². The quantitative estimate of drug-likeness (QED) is 0.687. The predicted octanol–water partition coefficient (Wildman–Crippen LogP) is -0.297. The van der Waals surface area contributed by atoms with Gasteiger partial charge >= 0.3 is 0 Å². The van der Waals surface area contributed by atoms with Crippen LogP contribution in [0.1, 0.15) is 26.5 Å². The van der Waals surface area contributed by atoms with Gasteiger partial charge in [0, 0.05) is 32.1 Å². The van der Waals surface area contributed by atoms with E-state index >= 15 is 0 Å².